The summed E-state index contributed by atoms with van der Waals surface area (Å²) in [6.45, 7) is 3.73. The van der Waals surface area contributed by atoms with Crippen molar-refractivity contribution in [1.82, 2.24) is 10.6 Å². The first-order valence-electron chi connectivity index (χ1n) is 5.98. The molecule has 0 saturated carbocycles. The molecule has 3 nitrogen and oxygen atoms in total. The summed E-state index contributed by atoms with van der Waals surface area (Å²) >= 11 is 0. The maximum absolute atomic E-state index is 8.60. The molecule has 1 rings (SSSR count). The third-order valence-corrected chi connectivity index (χ3v) is 2.81. The van der Waals surface area contributed by atoms with Crippen molar-refractivity contribution in [1.29, 1.82) is 0 Å². The lowest BCUT2D eigenvalue weighted by molar-refractivity contribution is 0.282. The third-order valence-electron chi connectivity index (χ3n) is 2.81. The molecule has 0 amide bonds. The Morgan fingerprint density at radius 2 is 2.14 bits per heavy atom. The normalized spacial score (nSPS) is 22.5. The molecule has 0 aromatic rings. The van der Waals surface area contributed by atoms with Crippen LogP contribution in [0, 0.1) is 0 Å². The van der Waals surface area contributed by atoms with Crippen LogP contribution in [0.5, 0.6) is 0 Å². The van der Waals surface area contributed by atoms with E-state index in [9.17, 15) is 0 Å². The molecule has 3 heteroatoms. The maximum atomic E-state index is 8.60. The summed E-state index contributed by atoms with van der Waals surface area (Å²) in [6.07, 6.45) is 7.32. The van der Waals surface area contributed by atoms with Gasteiger partial charge in [-0.05, 0) is 45.2 Å². The number of aliphatic hydroxyl groups excluding tert-OH is 1. The molecular weight excluding hydrogens is 176 g/mol. The highest BCUT2D eigenvalue weighted by Crippen LogP contribution is 2.05. The molecule has 1 aliphatic rings. The average Bonchev–Trinajstić information content (AvgIpc) is 2.25. The van der Waals surface area contributed by atoms with E-state index >= 15 is 0 Å². The Hall–Kier alpha value is -0.120. The molecule has 14 heavy (non-hydrogen) atoms. The Labute approximate surface area is 87.3 Å². The van der Waals surface area contributed by atoms with E-state index in [1.165, 1.54) is 32.2 Å². The largest absolute Gasteiger partial charge is 0.396 e. The highest BCUT2D eigenvalue weighted by molar-refractivity contribution is 4.73. The molecule has 0 aromatic heterocycles. The van der Waals surface area contributed by atoms with Gasteiger partial charge < -0.3 is 15.7 Å². The molecule has 0 aliphatic carbocycles. The van der Waals surface area contributed by atoms with E-state index in [4.69, 9.17) is 5.11 Å². The Bertz CT molecular complexity index is 124. The van der Waals surface area contributed by atoms with E-state index in [1.54, 1.807) is 0 Å². The fraction of sp³-hybridized carbons (Fsp3) is 1.00. The Balaban J connectivity index is 1.82. The minimum atomic E-state index is 0.337. The van der Waals surface area contributed by atoms with Crippen molar-refractivity contribution >= 4 is 0 Å². The SMILES string of the molecule is OCCCCCNCC1CCCCN1. The van der Waals surface area contributed by atoms with Crippen LogP contribution < -0.4 is 10.6 Å². The Morgan fingerprint density at radius 3 is 2.86 bits per heavy atom. The molecular formula is C11H24N2O. The summed E-state index contributed by atoms with van der Waals surface area (Å²) in [4.78, 5) is 0. The topological polar surface area (TPSA) is 44.3 Å². The summed E-state index contributed by atoms with van der Waals surface area (Å²) in [5, 5.41) is 15.6. The van der Waals surface area contributed by atoms with Gasteiger partial charge in [0, 0.05) is 19.2 Å². The molecule has 1 fully saturated rings. The minimum absolute atomic E-state index is 0.337. The van der Waals surface area contributed by atoms with Gasteiger partial charge in [0.1, 0.15) is 0 Å². The van der Waals surface area contributed by atoms with Gasteiger partial charge >= 0.3 is 0 Å². The van der Waals surface area contributed by atoms with E-state index < -0.39 is 0 Å². The second-order valence-corrected chi connectivity index (χ2v) is 4.14. The van der Waals surface area contributed by atoms with Crippen LogP contribution in [0.1, 0.15) is 38.5 Å². The van der Waals surface area contributed by atoms with Gasteiger partial charge in [-0.1, -0.05) is 6.42 Å². The lowest BCUT2D eigenvalue weighted by Crippen LogP contribution is -2.41. The molecule has 1 heterocycles. The Kier molecular flexibility index (Phi) is 7.01. The second-order valence-electron chi connectivity index (χ2n) is 4.14. The van der Waals surface area contributed by atoms with Crippen molar-refractivity contribution < 1.29 is 5.11 Å². The molecule has 0 aromatic carbocycles. The zero-order chi connectivity index (χ0) is 10.1. The van der Waals surface area contributed by atoms with Crippen LogP contribution in [0.15, 0.2) is 0 Å². The maximum Gasteiger partial charge on any atom is 0.0431 e. The monoisotopic (exact) mass is 200 g/mol. The van der Waals surface area contributed by atoms with Crippen LogP contribution in [-0.2, 0) is 0 Å². The molecule has 1 aliphatic heterocycles. The van der Waals surface area contributed by atoms with Crippen molar-refractivity contribution in [3.05, 3.63) is 0 Å². The number of hydrogen-bond acceptors (Lipinski definition) is 3. The molecule has 3 N–H and O–H groups in total. The lowest BCUT2D eigenvalue weighted by atomic mass is 10.1. The van der Waals surface area contributed by atoms with Crippen molar-refractivity contribution in [3.63, 3.8) is 0 Å². The molecule has 0 bridgehead atoms. The first kappa shape index (κ1) is 12.0. The standard InChI is InChI=1S/C11H24N2O/c14-9-5-1-3-7-12-10-11-6-2-4-8-13-11/h11-14H,1-10H2. The van der Waals surface area contributed by atoms with Crippen molar-refractivity contribution in [2.45, 2.75) is 44.6 Å². The molecule has 1 atom stereocenters. The average molecular weight is 200 g/mol. The number of aliphatic hydroxyl groups is 1. The van der Waals surface area contributed by atoms with E-state index in [0.717, 1.165) is 25.9 Å². The van der Waals surface area contributed by atoms with E-state index in [2.05, 4.69) is 10.6 Å². The van der Waals surface area contributed by atoms with Crippen molar-refractivity contribution in [2.24, 2.45) is 0 Å². The number of unbranched alkanes of at least 4 members (excludes halogenated alkanes) is 2. The predicted octanol–water partition coefficient (Wildman–Crippen LogP) is 0.881. The fourth-order valence-electron chi connectivity index (χ4n) is 1.91. The molecule has 0 spiro atoms. The van der Waals surface area contributed by atoms with Gasteiger partial charge in [-0.25, -0.2) is 0 Å². The van der Waals surface area contributed by atoms with Gasteiger partial charge in [0.05, 0.1) is 0 Å². The first-order chi connectivity index (χ1) is 6.93. The molecule has 84 valence electrons. The summed E-state index contributed by atoms with van der Waals surface area (Å²) in [7, 11) is 0. The Morgan fingerprint density at radius 1 is 1.21 bits per heavy atom. The van der Waals surface area contributed by atoms with Gasteiger partial charge in [-0.3, -0.25) is 0 Å². The minimum Gasteiger partial charge on any atom is -0.396 e. The quantitative estimate of drug-likeness (QED) is 0.535. The van der Waals surface area contributed by atoms with Gasteiger partial charge in [-0.2, -0.15) is 0 Å². The zero-order valence-corrected chi connectivity index (χ0v) is 9.10. The van der Waals surface area contributed by atoms with Gasteiger partial charge in [0.25, 0.3) is 0 Å². The molecule has 1 saturated heterocycles. The number of hydrogen-bond donors (Lipinski definition) is 3. The van der Waals surface area contributed by atoms with Gasteiger partial charge in [0.2, 0.25) is 0 Å². The van der Waals surface area contributed by atoms with Crippen LogP contribution in [-0.4, -0.2) is 37.4 Å². The van der Waals surface area contributed by atoms with E-state index in [-0.39, 0.29) is 0 Å². The first-order valence-corrected chi connectivity index (χ1v) is 5.98. The second kappa shape index (κ2) is 8.21. The lowest BCUT2D eigenvalue weighted by Gasteiger charge is -2.23. The van der Waals surface area contributed by atoms with Crippen LogP contribution in [0.2, 0.25) is 0 Å². The zero-order valence-electron chi connectivity index (χ0n) is 9.10. The fourth-order valence-corrected chi connectivity index (χ4v) is 1.91. The van der Waals surface area contributed by atoms with Gasteiger partial charge in [0.15, 0.2) is 0 Å². The van der Waals surface area contributed by atoms with Crippen LogP contribution in [0.25, 0.3) is 0 Å². The van der Waals surface area contributed by atoms with Gasteiger partial charge in [-0.15, -0.1) is 0 Å². The molecule has 1 unspecified atom stereocenters. The number of rotatable bonds is 7. The third kappa shape index (κ3) is 5.58. The summed E-state index contributed by atoms with van der Waals surface area (Å²) in [5.74, 6) is 0. The molecule has 0 radical (unpaired) electrons. The van der Waals surface area contributed by atoms with Crippen LogP contribution >= 0.6 is 0 Å². The summed E-state index contributed by atoms with van der Waals surface area (Å²) in [5.41, 5.74) is 0. The van der Waals surface area contributed by atoms with Crippen molar-refractivity contribution in [3.8, 4) is 0 Å². The van der Waals surface area contributed by atoms with E-state index in [0.29, 0.717) is 12.6 Å². The smallest absolute Gasteiger partial charge is 0.0431 e. The number of nitrogens with one attached hydrogen (secondary N) is 2. The summed E-state index contributed by atoms with van der Waals surface area (Å²) in [6, 6.07) is 0.696. The highest BCUT2D eigenvalue weighted by atomic mass is 16.2. The summed E-state index contributed by atoms with van der Waals surface area (Å²) < 4.78 is 0. The highest BCUT2D eigenvalue weighted by Gasteiger charge is 2.10. The van der Waals surface area contributed by atoms with Crippen molar-refractivity contribution in [2.75, 3.05) is 26.2 Å². The predicted molar refractivity (Wildman–Crippen MR) is 59.4 cm³/mol. The number of piperidine rings is 1. The van der Waals surface area contributed by atoms with Crippen LogP contribution in [0.4, 0.5) is 0 Å². The van der Waals surface area contributed by atoms with Crippen LogP contribution in [0.3, 0.4) is 0 Å². The van der Waals surface area contributed by atoms with E-state index in [1.807, 2.05) is 0 Å².